The molecule has 7 nitrogen and oxygen atoms in total. The second-order valence-corrected chi connectivity index (χ2v) is 6.38. The second-order valence-electron chi connectivity index (χ2n) is 5.60. The molecule has 1 heterocycles. The Bertz CT molecular complexity index is 908. The number of nitrogens with zero attached hydrogens (tertiary/aromatic N) is 3. The summed E-state index contributed by atoms with van der Waals surface area (Å²) in [5.74, 6) is 3.63. The summed E-state index contributed by atoms with van der Waals surface area (Å²) in [5.41, 5.74) is 1.49. The first-order valence-corrected chi connectivity index (χ1v) is 9.60. The molecule has 3 rings (SSSR count). The van der Waals surface area contributed by atoms with Crippen LogP contribution in [0.5, 0.6) is 23.0 Å². The molecule has 8 heteroatoms. The molecule has 146 valence electrons. The largest absolute Gasteiger partial charge is 0.497 e. The topological polar surface area (TPSA) is 75.6 Å². The minimum Gasteiger partial charge on any atom is -0.497 e. The van der Waals surface area contributed by atoms with Crippen molar-refractivity contribution in [3.05, 3.63) is 36.4 Å². The first kappa shape index (κ1) is 19.8. The number of methoxy groups -OCH3 is 4. The average Bonchev–Trinajstić information content (AvgIpc) is 2.77. The highest BCUT2D eigenvalue weighted by Gasteiger charge is 2.17. The SMILES string of the molecule is COc1ccc(-c2nc(SC)nc(-c3ccc(OC)cc3OC)n2)c(OC)c1. The standard InChI is InChI=1S/C20H21N3O4S/c1-24-12-6-8-14(16(10-12)26-3)18-21-19(23-20(22-18)28-5)15-9-7-13(25-2)11-17(15)27-4/h6-11H,1-5H3. The smallest absolute Gasteiger partial charge is 0.191 e. The van der Waals surface area contributed by atoms with E-state index in [2.05, 4.69) is 15.0 Å². The molecule has 28 heavy (non-hydrogen) atoms. The summed E-state index contributed by atoms with van der Waals surface area (Å²) in [5, 5.41) is 0.593. The molecule has 0 atom stereocenters. The second kappa shape index (κ2) is 8.79. The third-order valence-electron chi connectivity index (χ3n) is 4.10. The van der Waals surface area contributed by atoms with Gasteiger partial charge in [0.15, 0.2) is 16.8 Å². The van der Waals surface area contributed by atoms with Crippen molar-refractivity contribution < 1.29 is 18.9 Å². The minimum atomic E-state index is 0.506. The van der Waals surface area contributed by atoms with Crippen molar-refractivity contribution >= 4 is 11.8 Å². The molecule has 0 saturated carbocycles. The van der Waals surface area contributed by atoms with E-state index in [-0.39, 0.29) is 0 Å². The molecule has 0 radical (unpaired) electrons. The van der Waals surface area contributed by atoms with E-state index in [0.29, 0.717) is 39.8 Å². The average molecular weight is 399 g/mol. The van der Waals surface area contributed by atoms with Gasteiger partial charge < -0.3 is 18.9 Å². The van der Waals surface area contributed by atoms with Crippen LogP contribution in [-0.4, -0.2) is 49.6 Å². The first-order valence-electron chi connectivity index (χ1n) is 8.38. The summed E-state index contributed by atoms with van der Waals surface area (Å²) >= 11 is 1.44. The Morgan fingerprint density at radius 1 is 0.643 bits per heavy atom. The number of ether oxygens (including phenoxy) is 4. The number of hydrogen-bond acceptors (Lipinski definition) is 8. The lowest BCUT2D eigenvalue weighted by Gasteiger charge is -2.13. The van der Waals surface area contributed by atoms with Gasteiger partial charge in [0.25, 0.3) is 0 Å². The van der Waals surface area contributed by atoms with Crippen LogP contribution in [0.25, 0.3) is 22.8 Å². The quantitative estimate of drug-likeness (QED) is 0.553. The Hall–Kier alpha value is -3.00. The molecule has 0 saturated heterocycles. The molecule has 2 aromatic carbocycles. The van der Waals surface area contributed by atoms with Gasteiger partial charge in [-0.15, -0.1) is 0 Å². The van der Waals surface area contributed by atoms with Gasteiger partial charge in [-0.25, -0.2) is 15.0 Å². The Labute approximate surface area is 168 Å². The van der Waals surface area contributed by atoms with Crippen LogP contribution in [0.1, 0.15) is 0 Å². The van der Waals surface area contributed by atoms with Crippen LogP contribution in [0.4, 0.5) is 0 Å². The lowest BCUT2D eigenvalue weighted by Crippen LogP contribution is -2.01. The molecular weight excluding hydrogens is 378 g/mol. The van der Waals surface area contributed by atoms with Crippen LogP contribution in [0.3, 0.4) is 0 Å². The zero-order chi connectivity index (χ0) is 20.1. The lowest BCUT2D eigenvalue weighted by molar-refractivity contribution is 0.395. The summed E-state index contributed by atoms with van der Waals surface area (Å²) in [4.78, 5) is 13.8. The minimum absolute atomic E-state index is 0.506. The molecule has 0 N–H and O–H groups in total. The fourth-order valence-corrected chi connectivity index (χ4v) is 3.01. The number of aromatic nitrogens is 3. The van der Waals surface area contributed by atoms with Crippen molar-refractivity contribution in [3.8, 4) is 45.8 Å². The summed E-state index contributed by atoms with van der Waals surface area (Å²) in [6, 6.07) is 11.0. The Morgan fingerprint density at radius 2 is 1.11 bits per heavy atom. The fraction of sp³-hybridized carbons (Fsp3) is 0.250. The molecule has 0 unspecified atom stereocenters. The third kappa shape index (κ3) is 3.96. The Balaban J connectivity index is 2.17. The Morgan fingerprint density at radius 3 is 1.46 bits per heavy atom. The summed E-state index contributed by atoms with van der Waals surface area (Å²) < 4.78 is 21.6. The van der Waals surface area contributed by atoms with Gasteiger partial charge >= 0.3 is 0 Å². The molecule has 0 bridgehead atoms. The highest BCUT2D eigenvalue weighted by atomic mass is 32.2. The van der Waals surface area contributed by atoms with Crippen LogP contribution >= 0.6 is 11.8 Å². The molecule has 0 aliphatic carbocycles. The van der Waals surface area contributed by atoms with Gasteiger partial charge in [-0.05, 0) is 30.5 Å². The van der Waals surface area contributed by atoms with Crippen LogP contribution < -0.4 is 18.9 Å². The molecule has 0 amide bonds. The van der Waals surface area contributed by atoms with Gasteiger partial charge in [0.05, 0.1) is 39.6 Å². The third-order valence-corrected chi connectivity index (χ3v) is 4.64. The Kier molecular flexibility index (Phi) is 6.20. The maximum Gasteiger partial charge on any atom is 0.191 e. The van der Waals surface area contributed by atoms with Crippen molar-refractivity contribution in [3.63, 3.8) is 0 Å². The van der Waals surface area contributed by atoms with Gasteiger partial charge in [0.1, 0.15) is 23.0 Å². The van der Waals surface area contributed by atoms with Crippen molar-refractivity contribution in [2.75, 3.05) is 34.7 Å². The molecule has 3 aromatic rings. The van der Waals surface area contributed by atoms with E-state index in [0.717, 1.165) is 11.1 Å². The predicted molar refractivity (Wildman–Crippen MR) is 109 cm³/mol. The van der Waals surface area contributed by atoms with Gasteiger partial charge in [-0.2, -0.15) is 0 Å². The van der Waals surface area contributed by atoms with E-state index in [9.17, 15) is 0 Å². The number of benzene rings is 2. The molecule has 0 fully saturated rings. The van der Waals surface area contributed by atoms with Crippen LogP contribution in [0, 0.1) is 0 Å². The summed E-state index contributed by atoms with van der Waals surface area (Å²) in [6.07, 6.45) is 1.92. The van der Waals surface area contributed by atoms with Crippen LogP contribution in [0.2, 0.25) is 0 Å². The molecule has 0 aliphatic rings. The van der Waals surface area contributed by atoms with E-state index in [1.165, 1.54) is 11.8 Å². The molecular formula is C20H21N3O4S. The van der Waals surface area contributed by atoms with E-state index in [4.69, 9.17) is 18.9 Å². The van der Waals surface area contributed by atoms with Crippen molar-refractivity contribution in [1.82, 2.24) is 15.0 Å². The van der Waals surface area contributed by atoms with E-state index in [1.807, 2.05) is 30.5 Å². The number of rotatable bonds is 7. The van der Waals surface area contributed by atoms with Gasteiger partial charge in [-0.3, -0.25) is 0 Å². The van der Waals surface area contributed by atoms with Gasteiger partial charge in [-0.1, -0.05) is 11.8 Å². The van der Waals surface area contributed by atoms with Gasteiger partial charge in [0.2, 0.25) is 0 Å². The summed E-state index contributed by atoms with van der Waals surface area (Å²) in [6.45, 7) is 0. The molecule has 1 aromatic heterocycles. The van der Waals surface area contributed by atoms with Gasteiger partial charge in [0, 0.05) is 12.1 Å². The van der Waals surface area contributed by atoms with E-state index < -0.39 is 0 Å². The molecule has 0 aliphatic heterocycles. The monoisotopic (exact) mass is 399 g/mol. The first-order chi connectivity index (χ1) is 13.6. The number of hydrogen-bond donors (Lipinski definition) is 0. The van der Waals surface area contributed by atoms with Crippen molar-refractivity contribution in [1.29, 1.82) is 0 Å². The van der Waals surface area contributed by atoms with Crippen LogP contribution in [-0.2, 0) is 0 Å². The maximum atomic E-state index is 5.51. The summed E-state index contributed by atoms with van der Waals surface area (Å²) in [7, 11) is 6.42. The van der Waals surface area contributed by atoms with Crippen molar-refractivity contribution in [2.45, 2.75) is 5.16 Å². The van der Waals surface area contributed by atoms with E-state index >= 15 is 0 Å². The van der Waals surface area contributed by atoms with Crippen LogP contribution in [0.15, 0.2) is 41.6 Å². The molecule has 0 spiro atoms. The maximum absolute atomic E-state index is 5.51. The highest BCUT2D eigenvalue weighted by molar-refractivity contribution is 7.98. The highest BCUT2D eigenvalue weighted by Crippen LogP contribution is 2.35. The van der Waals surface area contributed by atoms with Crippen molar-refractivity contribution in [2.24, 2.45) is 0 Å². The van der Waals surface area contributed by atoms with E-state index in [1.54, 1.807) is 40.6 Å². The predicted octanol–water partition coefficient (Wildman–Crippen LogP) is 3.96. The zero-order valence-corrected chi connectivity index (χ0v) is 17.2. The normalized spacial score (nSPS) is 10.5. The zero-order valence-electron chi connectivity index (χ0n) is 16.3. The number of thioether (sulfide) groups is 1. The fourth-order valence-electron chi connectivity index (χ4n) is 2.66. The lowest BCUT2D eigenvalue weighted by atomic mass is 10.1.